The van der Waals surface area contributed by atoms with Gasteiger partial charge in [-0.05, 0) is 49.2 Å². The molecule has 7 nitrogen and oxygen atoms in total. The Morgan fingerprint density at radius 2 is 1.83 bits per heavy atom. The topological polar surface area (TPSA) is 71.1 Å². The third-order valence-corrected chi connectivity index (χ3v) is 5.07. The van der Waals surface area contributed by atoms with E-state index in [0.717, 1.165) is 31.8 Å². The van der Waals surface area contributed by atoms with Crippen LogP contribution in [0, 0.1) is 0 Å². The lowest BCUT2D eigenvalue weighted by Crippen LogP contribution is -2.35. The van der Waals surface area contributed by atoms with E-state index in [0.29, 0.717) is 30.9 Å². The molecule has 7 heteroatoms. The van der Waals surface area contributed by atoms with E-state index in [-0.39, 0.29) is 5.91 Å². The van der Waals surface area contributed by atoms with Crippen molar-refractivity contribution in [2.24, 2.45) is 0 Å². The van der Waals surface area contributed by atoms with Crippen LogP contribution in [0.3, 0.4) is 0 Å². The summed E-state index contributed by atoms with van der Waals surface area (Å²) in [6.07, 6.45) is 0.397. The van der Waals surface area contributed by atoms with Crippen LogP contribution in [-0.2, 0) is 11.3 Å². The van der Waals surface area contributed by atoms with Crippen molar-refractivity contribution in [3.63, 3.8) is 0 Å². The minimum atomic E-state index is -0.522. The summed E-state index contributed by atoms with van der Waals surface area (Å²) in [7, 11) is 1.66. The van der Waals surface area contributed by atoms with Crippen LogP contribution in [0.1, 0.15) is 29.3 Å². The molecule has 0 spiro atoms. The number of carbonyl (C=O) groups is 2. The maximum atomic E-state index is 13.0. The largest absolute Gasteiger partial charge is 0.497 e. The number of anilines is 1. The van der Waals surface area contributed by atoms with E-state index in [2.05, 4.69) is 22.3 Å². The monoisotopic (exact) mass is 411 g/mol. The van der Waals surface area contributed by atoms with Crippen LogP contribution in [0.5, 0.6) is 5.75 Å². The molecule has 0 aromatic heterocycles. The standard InChI is InChI=1S/C23H29N3O4/c1-3-30-23(28)24-20-7-4-6-19(16-20)22(27)26-13-5-12-25(14-15-26)17-18-8-10-21(29-2)11-9-18/h4,6-11,16H,3,5,12-15,17H2,1-2H3,(H,24,28). The molecule has 1 N–H and O–H groups in total. The lowest BCUT2D eigenvalue weighted by atomic mass is 10.1. The average Bonchev–Trinajstić information content (AvgIpc) is 2.99. The van der Waals surface area contributed by atoms with Crippen LogP contribution in [0.25, 0.3) is 0 Å². The molecular formula is C23H29N3O4. The molecule has 1 fully saturated rings. The average molecular weight is 412 g/mol. The predicted molar refractivity (Wildman–Crippen MR) is 116 cm³/mol. The first-order valence-electron chi connectivity index (χ1n) is 10.3. The zero-order valence-electron chi connectivity index (χ0n) is 17.6. The normalized spacial score (nSPS) is 14.7. The SMILES string of the molecule is CCOC(=O)Nc1cccc(C(=O)N2CCCN(Cc3ccc(OC)cc3)CC2)c1. The summed E-state index contributed by atoms with van der Waals surface area (Å²) in [6.45, 7) is 6.05. The highest BCUT2D eigenvalue weighted by Crippen LogP contribution is 2.17. The molecule has 0 saturated carbocycles. The highest BCUT2D eigenvalue weighted by Gasteiger charge is 2.21. The molecule has 2 aromatic carbocycles. The van der Waals surface area contributed by atoms with Crippen molar-refractivity contribution in [3.8, 4) is 5.75 Å². The Balaban J connectivity index is 1.58. The van der Waals surface area contributed by atoms with E-state index in [9.17, 15) is 9.59 Å². The van der Waals surface area contributed by atoms with Gasteiger partial charge in [0.05, 0.1) is 13.7 Å². The van der Waals surface area contributed by atoms with Gasteiger partial charge < -0.3 is 14.4 Å². The fourth-order valence-electron chi connectivity index (χ4n) is 3.52. The first kappa shape index (κ1) is 21.6. The highest BCUT2D eigenvalue weighted by atomic mass is 16.5. The maximum absolute atomic E-state index is 13.0. The Hall–Kier alpha value is -3.06. The number of nitrogens with zero attached hydrogens (tertiary/aromatic N) is 2. The summed E-state index contributed by atoms with van der Waals surface area (Å²) in [6, 6.07) is 15.1. The predicted octanol–water partition coefficient (Wildman–Crippen LogP) is 3.61. The number of hydrogen-bond donors (Lipinski definition) is 1. The first-order valence-corrected chi connectivity index (χ1v) is 10.3. The second kappa shape index (κ2) is 10.6. The smallest absolute Gasteiger partial charge is 0.411 e. The molecule has 160 valence electrons. The van der Waals surface area contributed by atoms with Gasteiger partial charge in [-0.3, -0.25) is 15.0 Å². The Labute approximate surface area is 177 Å². The summed E-state index contributed by atoms with van der Waals surface area (Å²) in [5, 5.41) is 2.65. The van der Waals surface area contributed by atoms with Gasteiger partial charge in [-0.15, -0.1) is 0 Å². The van der Waals surface area contributed by atoms with Crippen molar-refractivity contribution in [2.45, 2.75) is 19.9 Å². The lowest BCUT2D eigenvalue weighted by molar-refractivity contribution is 0.0761. The van der Waals surface area contributed by atoms with Gasteiger partial charge in [-0.1, -0.05) is 18.2 Å². The van der Waals surface area contributed by atoms with Gasteiger partial charge in [0, 0.05) is 44.0 Å². The number of ether oxygens (including phenoxy) is 2. The molecule has 1 aliphatic rings. The summed E-state index contributed by atoms with van der Waals surface area (Å²) in [5.74, 6) is 0.833. The van der Waals surface area contributed by atoms with Crippen molar-refractivity contribution in [2.75, 3.05) is 45.2 Å². The number of amides is 2. The van der Waals surface area contributed by atoms with Gasteiger partial charge in [0.1, 0.15) is 5.75 Å². The van der Waals surface area contributed by atoms with Crippen molar-refractivity contribution < 1.29 is 19.1 Å². The fourth-order valence-corrected chi connectivity index (χ4v) is 3.52. The van der Waals surface area contributed by atoms with E-state index < -0.39 is 6.09 Å². The van der Waals surface area contributed by atoms with E-state index in [1.165, 1.54) is 5.56 Å². The summed E-state index contributed by atoms with van der Waals surface area (Å²) >= 11 is 0. The van der Waals surface area contributed by atoms with Crippen molar-refractivity contribution in [3.05, 3.63) is 59.7 Å². The second-order valence-electron chi connectivity index (χ2n) is 7.20. The maximum Gasteiger partial charge on any atom is 0.411 e. The van der Waals surface area contributed by atoms with Crippen LogP contribution in [-0.4, -0.2) is 61.7 Å². The Bertz CT molecular complexity index is 854. The van der Waals surface area contributed by atoms with E-state index in [1.54, 1.807) is 38.3 Å². The Morgan fingerprint density at radius 3 is 2.57 bits per heavy atom. The lowest BCUT2D eigenvalue weighted by Gasteiger charge is -2.22. The molecule has 2 aromatic rings. The molecule has 3 rings (SSSR count). The first-order chi connectivity index (χ1) is 14.6. The van der Waals surface area contributed by atoms with Gasteiger partial charge in [0.15, 0.2) is 0 Å². The van der Waals surface area contributed by atoms with Gasteiger partial charge in [-0.2, -0.15) is 0 Å². The van der Waals surface area contributed by atoms with Gasteiger partial charge in [0.2, 0.25) is 0 Å². The fraction of sp³-hybridized carbons (Fsp3) is 0.391. The van der Waals surface area contributed by atoms with Gasteiger partial charge in [0.25, 0.3) is 5.91 Å². The van der Waals surface area contributed by atoms with Crippen molar-refractivity contribution in [1.29, 1.82) is 0 Å². The minimum Gasteiger partial charge on any atom is -0.497 e. The number of rotatable bonds is 6. The van der Waals surface area contributed by atoms with Crippen LogP contribution in [0.15, 0.2) is 48.5 Å². The van der Waals surface area contributed by atoms with Crippen LogP contribution < -0.4 is 10.1 Å². The molecule has 1 heterocycles. The van der Waals surface area contributed by atoms with Crippen molar-refractivity contribution >= 4 is 17.7 Å². The zero-order chi connectivity index (χ0) is 21.3. The molecule has 1 saturated heterocycles. The molecular weight excluding hydrogens is 382 g/mol. The summed E-state index contributed by atoms with van der Waals surface area (Å²) < 4.78 is 10.1. The second-order valence-corrected chi connectivity index (χ2v) is 7.20. The van der Waals surface area contributed by atoms with Gasteiger partial charge in [-0.25, -0.2) is 4.79 Å². The third kappa shape index (κ3) is 5.97. The Morgan fingerprint density at radius 1 is 1.03 bits per heavy atom. The molecule has 0 atom stereocenters. The van der Waals surface area contributed by atoms with Crippen LogP contribution in [0.4, 0.5) is 10.5 Å². The number of hydrogen-bond acceptors (Lipinski definition) is 5. The number of benzene rings is 2. The van der Waals surface area contributed by atoms with Crippen LogP contribution >= 0.6 is 0 Å². The summed E-state index contributed by atoms with van der Waals surface area (Å²) in [5.41, 5.74) is 2.34. The zero-order valence-corrected chi connectivity index (χ0v) is 17.6. The molecule has 0 aliphatic carbocycles. The molecule has 0 unspecified atom stereocenters. The molecule has 0 bridgehead atoms. The van der Waals surface area contributed by atoms with Gasteiger partial charge >= 0.3 is 6.09 Å². The molecule has 2 amide bonds. The number of methoxy groups -OCH3 is 1. The van der Waals surface area contributed by atoms with E-state index >= 15 is 0 Å². The van der Waals surface area contributed by atoms with E-state index in [1.807, 2.05) is 17.0 Å². The molecule has 1 aliphatic heterocycles. The van der Waals surface area contributed by atoms with E-state index in [4.69, 9.17) is 9.47 Å². The minimum absolute atomic E-state index is 0.0196. The number of carbonyl (C=O) groups excluding carboxylic acids is 2. The number of nitrogens with one attached hydrogen (secondary N) is 1. The third-order valence-electron chi connectivity index (χ3n) is 5.07. The summed E-state index contributed by atoms with van der Waals surface area (Å²) in [4.78, 5) is 28.9. The Kier molecular flexibility index (Phi) is 7.68. The van der Waals surface area contributed by atoms with Crippen LogP contribution in [0.2, 0.25) is 0 Å². The molecule has 0 radical (unpaired) electrons. The highest BCUT2D eigenvalue weighted by molar-refractivity contribution is 5.96. The quantitative estimate of drug-likeness (QED) is 0.786. The van der Waals surface area contributed by atoms with Crippen molar-refractivity contribution in [1.82, 2.24) is 9.80 Å². The molecule has 30 heavy (non-hydrogen) atoms.